The number of ketones is 1. The van der Waals surface area contributed by atoms with Gasteiger partial charge < -0.3 is 15.1 Å². The van der Waals surface area contributed by atoms with Crippen LogP contribution in [0, 0.1) is 29.1 Å². The molecule has 0 radical (unpaired) electrons. The third-order valence-corrected chi connectivity index (χ3v) is 7.06. The molecule has 3 rings (SSSR count). The third-order valence-electron chi connectivity index (χ3n) is 7.06. The van der Waals surface area contributed by atoms with Gasteiger partial charge in [0.1, 0.15) is 17.4 Å². The van der Waals surface area contributed by atoms with Crippen LogP contribution in [0.1, 0.15) is 40.0 Å². The molecule has 0 aromatic heterocycles. The average molecular weight is 373 g/mol. The highest BCUT2D eigenvalue weighted by atomic mass is 16.3. The summed E-state index contributed by atoms with van der Waals surface area (Å²) in [7, 11) is 1.50. The second-order valence-electron chi connectivity index (χ2n) is 8.61. The minimum atomic E-state index is -0.903. The third kappa shape index (κ3) is 2.96. The number of rotatable bonds is 3. The number of hydrogen-bond acceptors (Lipinski definition) is 4. The zero-order valence-electron chi connectivity index (χ0n) is 16.7. The predicted molar refractivity (Wildman–Crippen MR) is 104 cm³/mol. The molecule has 1 saturated heterocycles. The van der Waals surface area contributed by atoms with Crippen molar-refractivity contribution in [3.05, 3.63) is 35.6 Å². The van der Waals surface area contributed by atoms with Crippen molar-refractivity contribution in [3.8, 4) is 0 Å². The van der Waals surface area contributed by atoms with E-state index in [-0.39, 0.29) is 23.2 Å². The van der Waals surface area contributed by atoms with E-state index in [0.29, 0.717) is 11.8 Å². The fourth-order valence-corrected chi connectivity index (χ4v) is 5.35. The van der Waals surface area contributed by atoms with Crippen molar-refractivity contribution in [2.24, 2.45) is 29.1 Å². The molecule has 1 saturated carbocycles. The lowest BCUT2D eigenvalue weighted by Crippen LogP contribution is -2.45. The second-order valence-corrected chi connectivity index (χ2v) is 8.61. The van der Waals surface area contributed by atoms with Crippen molar-refractivity contribution < 1.29 is 19.8 Å². The fraction of sp³-hybridized carbons (Fsp3) is 0.636. The molecular formula is C22H31NO4. The number of Topliss-reactive ketones (excluding diaryl/α,β-unsaturated/α-hetero) is 1. The standard InChI is InChI=1S/C22H31NO4/c1-5-6-15-9-8-14-11-13(2)7-10-16(14)22(15,3)20(26)18-19(25)17(12-24)23(4)21(18)27/h5-6,8-9,13-17,24,26H,7,10-12H2,1-4H3/b6-5+,20-18-/t13?,14-,15?,16?,17?,22-/m1/s1. The first-order valence-corrected chi connectivity index (χ1v) is 9.94. The summed E-state index contributed by atoms with van der Waals surface area (Å²) in [6, 6.07) is -0.903. The highest BCUT2D eigenvalue weighted by molar-refractivity contribution is 6.26. The summed E-state index contributed by atoms with van der Waals surface area (Å²) in [4.78, 5) is 26.7. The van der Waals surface area contributed by atoms with Crippen molar-refractivity contribution in [2.45, 2.75) is 46.1 Å². The Balaban J connectivity index is 2.14. The summed E-state index contributed by atoms with van der Waals surface area (Å²) in [6.07, 6.45) is 11.5. The lowest BCUT2D eigenvalue weighted by molar-refractivity contribution is -0.126. The minimum absolute atomic E-state index is 0.0799. The van der Waals surface area contributed by atoms with Crippen molar-refractivity contribution in [2.75, 3.05) is 13.7 Å². The normalized spacial score (nSPS) is 41.4. The maximum atomic E-state index is 12.8. The second kappa shape index (κ2) is 7.27. The van der Waals surface area contributed by atoms with Crippen molar-refractivity contribution in [3.63, 3.8) is 0 Å². The van der Waals surface area contributed by atoms with Crippen molar-refractivity contribution in [1.29, 1.82) is 0 Å². The van der Waals surface area contributed by atoms with Gasteiger partial charge in [0, 0.05) is 18.4 Å². The van der Waals surface area contributed by atoms with Gasteiger partial charge in [-0.3, -0.25) is 9.59 Å². The first kappa shape index (κ1) is 19.9. The van der Waals surface area contributed by atoms with Gasteiger partial charge in [-0.15, -0.1) is 0 Å². The van der Waals surface area contributed by atoms with E-state index in [9.17, 15) is 19.8 Å². The maximum Gasteiger partial charge on any atom is 0.261 e. The number of hydrogen-bond donors (Lipinski definition) is 2. The molecule has 1 aliphatic heterocycles. The van der Waals surface area contributed by atoms with E-state index < -0.39 is 29.8 Å². The van der Waals surface area contributed by atoms with Crippen LogP contribution in [0.5, 0.6) is 0 Å². The van der Waals surface area contributed by atoms with Crippen LogP contribution in [0.2, 0.25) is 0 Å². The molecule has 1 amide bonds. The number of likely N-dealkylation sites (N-methyl/N-ethyl adjacent to an activating group) is 1. The number of likely N-dealkylation sites (tertiary alicyclic amines) is 1. The number of fused-ring (bicyclic) bond motifs is 1. The van der Waals surface area contributed by atoms with Crippen LogP contribution in [0.15, 0.2) is 35.6 Å². The van der Waals surface area contributed by atoms with Crippen molar-refractivity contribution >= 4 is 11.7 Å². The van der Waals surface area contributed by atoms with E-state index in [0.717, 1.165) is 19.3 Å². The zero-order chi connectivity index (χ0) is 19.9. The van der Waals surface area contributed by atoms with Gasteiger partial charge in [-0.1, -0.05) is 44.6 Å². The Bertz CT molecular complexity index is 722. The van der Waals surface area contributed by atoms with Gasteiger partial charge in [0.2, 0.25) is 0 Å². The summed E-state index contributed by atoms with van der Waals surface area (Å²) in [6.45, 7) is 5.75. The van der Waals surface area contributed by atoms with E-state index >= 15 is 0 Å². The molecule has 0 spiro atoms. The van der Waals surface area contributed by atoms with E-state index in [2.05, 4.69) is 19.1 Å². The number of amides is 1. The Morgan fingerprint density at radius 2 is 2.04 bits per heavy atom. The molecule has 2 N–H and O–H groups in total. The summed E-state index contributed by atoms with van der Waals surface area (Å²) in [5, 5.41) is 20.9. The summed E-state index contributed by atoms with van der Waals surface area (Å²) >= 11 is 0. The van der Waals surface area contributed by atoms with Gasteiger partial charge in [0.25, 0.3) is 5.91 Å². The van der Waals surface area contributed by atoms with Gasteiger partial charge in [0.15, 0.2) is 5.78 Å². The predicted octanol–water partition coefficient (Wildman–Crippen LogP) is 3.02. The first-order chi connectivity index (χ1) is 12.8. The van der Waals surface area contributed by atoms with E-state index in [1.807, 2.05) is 26.0 Å². The van der Waals surface area contributed by atoms with Gasteiger partial charge in [0.05, 0.1) is 6.61 Å². The minimum Gasteiger partial charge on any atom is -0.511 e. The van der Waals surface area contributed by atoms with Crippen LogP contribution in [0.4, 0.5) is 0 Å². The molecule has 2 fully saturated rings. The van der Waals surface area contributed by atoms with Crippen LogP contribution in [0.3, 0.4) is 0 Å². The zero-order valence-corrected chi connectivity index (χ0v) is 16.7. The van der Waals surface area contributed by atoms with Crippen LogP contribution < -0.4 is 0 Å². The molecule has 27 heavy (non-hydrogen) atoms. The average Bonchev–Trinajstić information content (AvgIpc) is 2.85. The number of aliphatic hydroxyl groups is 2. The molecule has 1 heterocycles. The monoisotopic (exact) mass is 373 g/mol. The van der Waals surface area contributed by atoms with E-state index in [1.54, 1.807) is 0 Å². The van der Waals surface area contributed by atoms with Crippen LogP contribution in [-0.4, -0.2) is 46.5 Å². The molecule has 0 aromatic rings. The lowest BCUT2D eigenvalue weighted by atomic mass is 9.54. The molecule has 2 aliphatic carbocycles. The molecular weight excluding hydrogens is 342 g/mol. The summed E-state index contributed by atoms with van der Waals surface area (Å²) < 4.78 is 0. The van der Waals surface area contributed by atoms with Crippen molar-refractivity contribution in [1.82, 2.24) is 4.90 Å². The van der Waals surface area contributed by atoms with Crippen LogP contribution in [-0.2, 0) is 9.59 Å². The molecule has 148 valence electrons. The smallest absolute Gasteiger partial charge is 0.261 e. The van der Waals surface area contributed by atoms with Crippen LogP contribution >= 0.6 is 0 Å². The van der Waals surface area contributed by atoms with Gasteiger partial charge in [-0.25, -0.2) is 0 Å². The summed E-state index contributed by atoms with van der Waals surface area (Å²) in [5.41, 5.74) is -0.848. The topological polar surface area (TPSA) is 77.8 Å². The number of carbonyl (C=O) groups is 2. The Kier molecular flexibility index (Phi) is 5.35. The van der Waals surface area contributed by atoms with E-state index in [1.165, 1.54) is 11.9 Å². The summed E-state index contributed by atoms with van der Waals surface area (Å²) in [5.74, 6) is -0.00752. The fourth-order valence-electron chi connectivity index (χ4n) is 5.35. The number of aliphatic hydroxyl groups excluding tert-OH is 2. The molecule has 0 bridgehead atoms. The SMILES string of the molecule is C/C=C/C1C=C[C@@H]2CC(C)CCC2[C@]1(C)/C(O)=C1\C(=O)C(CO)N(C)C1=O. The Hall–Kier alpha value is -1.88. The molecule has 0 aromatic carbocycles. The van der Waals surface area contributed by atoms with Gasteiger partial charge in [-0.2, -0.15) is 0 Å². The molecule has 5 heteroatoms. The van der Waals surface area contributed by atoms with Crippen LogP contribution in [0.25, 0.3) is 0 Å². The Morgan fingerprint density at radius 1 is 1.33 bits per heavy atom. The number of carbonyl (C=O) groups excluding carboxylic acids is 2. The van der Waals surface area contributed by atoms with Gasteiger partial charge >= 0.3 is 0 Å². The number of allylic oxidation sites excluding steroid dienone is 5. The highest BCUT2D eigenvalue weighted by Gasteiger charge is 2.53. The maximum absolute atomic E-state index is 12.8. The highest BCUT2D eigenvalue weighted by Crippen LogP contribution is 2.56. The molecule has 4 unspecified atom stereocenters. The Morgan fingerprint density at radius 3 is 2.63 bits per heavy atom. The van der Waals surface area contributed by atoms with E-state index in [4.69, 9.17) is 0 Å². The Labute approximate surface area is 161 Å². The largest absolute Gasteiger partial charge is 0.511 e. The number of nitrogens with zero attached hydrogens (tertiary/aromatic N) is 1. The molecule has 3 aliphatic rings. The lowest BCUT2D eigenvalue weighted by Gasteiger charge is -2.50. The molecule has 5 nitrogen and oxygen atoms in total. The first-order valence-electron chi connectivity index (χ1n) is 9.94. The quantitative estimate of drug-likeness (QED) is 0.345. The molecule has 6 atom stereocenters. The van der Waals surface area contributed by atoms with Gasteiger partial charge in [-0.05, 0) is 37.5 Å².